The van der Waals surface area contributed by atoms with Crippen molar-refractivity contribution in [3.05, 3.63) is 0 Å². The minimum atomic E-state index is -0.283. The van der Waals surface area contributed by atoms with Crippen LogP contribution in [0.1, 0.15) is 19.8 Å². The van der Waals surface area contributed by atoms with Crippen molar-refractivity contribution in [3.63, 3.8) is 0 Å². The van der Waals surface area contributed by atoms with Gasteiger partial charge < -0.3 is 14.2 Å². The highest BCUT2D eigenvalue weighted by Crippen LogP contribution is 2.10. The zero-order valence-corrected chi connectivity index (χ0v) is 7.95. The van der Waals surface area contributed by atoms with Gasteiger partial charge in [0.2, 0.25) is 0 Å². The minimum absolute atomic E-state index is 0.0680. The lowest BCUT2D eigenvalue weighted by molar-refractivity contribution is -0.152. The number of carbonyl (C=O) groups excluding carboxylic acids is 1. The van der Waals surface area contributed by atoms with Crippen LogP contribution in [-0.4, -0.2) is 38.5 Å². The topological polar surface area (TPSA) is 44.8 Å². The fourth-order valence-corrected chi connectivity index (χ4v) is 1.23. The molecule has 0 saturated carbocycles. The Morgan fingerprint density at radius 3 is 2.77 bits per heavy atom. The van der Waals surface area contributed by atoms with Crippen LogP contribution in [0.25, 0.3) is 0 Å². The first-order valence-electron chi connectivity index (χ1n) is 4.68. The number of ether oxygens (including phenoxy) is 3. The zero-order valence-electron chi connectivity index (χ0n) is 7.95. The second-order valence-electron chi connectivity index (χ2n) is 2.93. The van der Waals surface area contributed by atoms with E-state index in [9.17, 15) is 4.79 Å². The lowest BCUT2D eigenvalue weighted by Gasteiger charge is -2.21. The molecule has 1 aliphatic rings. The summed E-state index contributed by atoms with van der Waals surface area (Å²) in [5.74, 6) is -0.283. The Morgan fingerprint density at radius 1 is 1.46 bits per heavy atom. The second-order valence-corrected chi connectivity index (χ2v) is 2.93. The molecule has 0 aromatic heterocycles. The van der Waals surface area contributed by atoms with E-state index >= 15 is 0 Å². The van der Waals surface area contributed by atoms with E-state index in [-0.39, 0.29) is 18.7 Å². The van der Waals surface area contributed by atoms with Gasteiger partial charge in [0, 0.05) is 13.2 Å². The third-order valence-corrected chi connectivity index (χ3v) is 1.91. The summed E-state index contributed by atoms with van der Waals surface area (Å²) in [5, 5.41) is 0. The SMILES string of the molecule is CCOC(=O)COC1CCOCC1. The normalized spacial score (nSPS) is 18.5. The smallest absolute Gasteiger partial charge is 0.332 e. The van der Waals surface area contributed by atoms with Crippen LogP contribution in [-0.2, 0) is 19.0 Å². The lowest BCUT2D eigenvalue weighted by atomic mass is 10.2. The molecular weight excluding hydrogens is 172 g/mol. The van der Waals surface area contributed by atoms with Crippen LogP contribution in [0.5, 0.6) is 0 Å². The second kappa shape index (κ2) is 5.94. The summed E-state index contributed by atoms with van der Waals surface area (Å²) in [6, 6.07) is 0. The number of hydrogen-bond acceptors (Lipinski definition) is 4. The Hall–Kier alpha value is -0.610. The van der Waals surface area contributed by atoms with Crippen molar-refractivity contribution in [1.29, 1.82) is 0 Å². The maximum Gasteiger partial charge on any atom is 0.332 e. The fourth-order valence-electron chi connectivity index (χ4n) is 1.23. The van der Waals surface area contributed by atoms with Crippen molar-refractivity contribution in [2.24, 2.45) is 0 Å². The molecule has 1 saturated heterocycles. The van der Waals surface area contributed by atoms with Gasteiger partial charge in [0.25, 0.3) is 0 Å². The number of rotatable bonds is 4. The molecule has 1 fully saturated rings. The molecule has 0 aliphatic carbocycles. The van der Waals surface area contributed by atoms with Crippen LogP contribution < -0.4 is 0 Å². The van der Waals surface area contributed by atoms with Gasteiger partial charge in [-0.05, 0) is 19.8 Å². The van der Waals surface area contributed by atoms with Gasteiger partial charge in [0.1, 0.15) is 6.61 Å². The quantitative estimate of drug-likeness (QED) is 0.610. The van der Waals surface area contributed by atoms with E-state index in [4.69, 9.17) is 14.2 Å². The van der Waals surface area contributed by atoms with Gasteiger partial charge in [-0.3, -0.25) is 0 Å². The molecule has 0 spiro atoms. The lowest BCUT2D eigenvalue weighted by Crippen LogP contribution is -2.26. The standard InChI is InChI=1S/C9H16O4/c1-2-12-9(10)7-13-8-3-5-11-6-4-8/h8H,2-7H2,1H3. The van der Waals surface area contributed by atoms with Gasteiger partial charge in [-0.25, -0.2) is 4.79 Å². The summed E-state index contributed by atoms with van der Waals surface area (Å²) in [5.41, 5.74) is 0. The average molecular weight is 188 g/mol. The van der Waals surface area contributed by atoms with Gasteiger partial charge in [-0.15, -0.1) is 0 Å². The van der Waals surface area contributed by atoms with E-state index in [1.165, 1.54) is 0 Å². The average Bonchev–Trinajstić information content (AvgIpc) is 2.17. The van der Waals surface area contributed by atoms with Gasteiger partial charge in [-0.1, -0.05) is 0 Å². The van der Waals surface area contributed by atoms with Crippen molar-refractivity contribution in [1.82, 2.24) is 0 Å². The maximum atomic E-state index is 10.9. The number of hydrogen-bond donors (Lipinski definition) is 0. The van der Waals surface area contributed by atoms with Crippen molar-refractivity contribution in [3.8, 4) is 0 Å². The number of esters is 1. The zero-order chi connectivity index (χ0) is 9.52. The summed E-state index contributed by atoms with van der Waals surface area (Å²) in [6.07, 6.45) is 1.91. The molecule has 4 heteroatoms. The largest absolute Gasteiger partial charge is 0.464 e. The fraction of sp³-hybridized carbons (Fsp3) is 0.889. The maximum absolute atomic E-state index is 10.9. The third kappa shape index (κ3) is 4.24. The van der Waals surface area contributed by atoms with E-state index in [0.29, 0.717) is 6.61 Å². The predicted molar refractivity (Wildman–Crippen MR) is 46.4 cm³/mol. The van der Waals surface area contributed by atoms with Crippen molar-refractivity contribution in [2.45, 2.75) is 25.9 Å². The molecule has 4 nitrogen and oxygen atoms in total. The van der Waals surface area contributed by atoms with Crippen molar-refractivity contribution in [2.75, 3.05) is 26.4 Å². The molecule has 1 heterocycles. The summed E-state index contributed by atoms with van der Waals surface area (Å²) in [7, 11) is 0. The summed E-state index contributed by atoms with van der Waals surface area (Å²) in [6.45, 7) is 3.72. The molecule has 0 aromatic rings. The Labute approximate surface area is 78.2 Å². The van der Waals surface area contributed by atoms with Crippen molar-refractivity contribution >= 4 is 5.97 Å². The first-order valence-corrected chi connectivity index (χ1v) is 4.68. The minimum Gasteiger partial charge on any atom is -0.464 e. The van der Waals surface area contributed by atoms with Crippen LogP contribution in [0.15, 0.2) is 0 Å². The molecule has 1 aliphatic heterocycles. The highest BCUT2D eigenvalue weighted by atomic mass is 16.6. The molecule has 13 heavy (non-hydrogen) atoms. The highest BCUT2D eigenvalue weighted by Gasteiger charge is 2.15. The predicted octanol–water partition coefficient (Wildman–Crippen LogP) is 0.745. The molecule has 0 aromatic carbocycles. The van der Waals surface area contributed by atoms with E-state index in [1.807, 2.05) is 0 Å². The third-order valence-electron chi connectivity index (χ3n) is 1.91. The number of carbonyl (C=O) groups is 1. The Bertz CT molecular complexity index is 152. The van der Waals surface area contributed by atoms with Crippen LogP contribution >= 0.6 is 0 Å². The Morgan fingerprint density at radius 2 is 2.15 bits per heavy atom. The van der Waals surface area contributed by atoms with E-state index in [2.05, 4.69) is 0 Å². The van der Waals surface area contributed by atoms with E-state index in [1.54, 1.807) is 6.92 Å². The molecule has 76 valence electrons. The van der Waals surface area contributed by atoms with Gasteiger partial charge in [0.05, 0.1) is 12.7 Å². The molecule has 0 bridgehead atoms. The first kappa shape index (κ1) is 10.5. The molecule has 0 atom stereocenters. The van der Waals surface area contributed by atoms with E-state index < -0.39 is 0 Å². The first-order chi connectivity index (χ1) is 6.33. The molecule has 0 amide bonds. The monoisotopic (exact) mass is 188 g/mol. The van der Waals surface area contributed by atoms with Gasteiger partial charge >= 0.3 is 5.97 Å². The van der Waals surface area contributed by atoms with Gasteiger partial charge in [-0.2, -0.15) is 0 Å². The molecule has 0 N–H and O–H groups in total. The van der Waals surface area contributed by atoms with Crippen LogP contribution in [0.4, 0.5) is 0 Å². The highest BCUT2D eigenvalue weighted by molar-refractivity contribution is 5.70. The molecule has 0 radical (unpaired) electrons. The summed E-state index contributed by atoms with van der Waals surface area (Å²) < 4.78 is 15.2. The van der Waals surface area contributed by atoms with Crippen LogP contribution in [0, 0.1) is 0 Å². The van der Waals surface area contributed by atoms with Crippen LogP contribution in [0.2, 0.25) is 0 Å². The van der Waals surface area contributed by atoms with Crippen LogP contribution in [0.3, 0.4) is 0 Å². The molecule has 0 unspecified atom stereocenters. The summed E-state index contributed by atoms with van der Waals surface area (Å²) in [4.78, 5) is 10.9. The van der Waals surface area contributed by atoms with E-state index in [0.717, 1.165) is 26.1 Å². The summed E-state index contributed by atoms with van der Waals surface area (Å²) >= 11 is 0. The Balaban J connectivity index is 2.06. The molecule has 1 rings (SSSR count). The molecular formula is C9H16O4. The van der Waals surface area contributed by atoms with Crippen molar-refractivity contribution < 1.29 is 19.0 Å². The van der Waals surface area contributed by atoms with Gasteiger partial charge in [0.15, 0.2) is 0 Å². The Kier molecular flexibility index (Phi) is 4.78.